The first kappa shape index (κ1) is 14.6. The first-order valence-corrected chi connectivity index (χ1v) is 9.22. The highest BCUT2D eigenvalue weighted by molar-refractivity contribution is 7.20. The molecule has 0 N–H and O–H groups in total. The van der Waals surface area contributed by atoms with E-state index in [2.05, 4.69) is 22.3 Å². The molecule has 5 rings (SSSR count). The van der Waals surface area contributed by atoms with E-state index in [4.69, 9.17) is 0 Å². The standard InChI is InChI=1S/C19H16N4OS/c24-19(16-12-13-6-1-2-8-15(13)25-16)22-11-5-7-14(22)18-21-20-17-9-3-4-10-23(17)18/h1-4,6,8-10,12,14H,5,7,11H2/t14-/m1/s1. The van der Waals surface area contributed by atoms with E-state index in [0.29, 0.717) is 0 Å². The molecule has 25 heavy (non-hydrogen) atoms. The Balaban J connectivity index is 1.53. The molecule has 1 fully saturated rings. The summed E-state index contributed by atoms with van der Waals surface area (Å²) in [7, 11) is 0. The van der Waals surface area contributed by atoms with Crippen LogP contribution < -0.4 is 0 Å². The topological polar surface area (TPSA) is 50.5 Å². The zero-order chi connectivity index (χ0) is 16.8. The van der Waals surface area contributed by atoms with Crippen molar-refractivity contribution in [1.29, 1.82) is 0 Å². The van der Waals surface area contributed by atoms with Crippen LogP contribution in [0.3, 0.4) is 0 Å². The number of likely N-dealkylation sites (tertiary alicyclic amines) is 1. The summed E-state index contributed by atoms with van der Waals surface area (Å²) >= 11 is 1.56. The predicted molar refractivity (Wildman–Crippen MR) is 97.8 cm³/mol. The number of fused-ring (bicyclic) bond motifs is 2. The third-order valence-corrected chi connectivity index (χ3v) is 5.89. The lowest BCUT2D eigenvalue weighted by atomic mass is 10.2. The van der Waals surface area contributed by atoms with E-state index in [0.717, 1.165) is 45.8 Å². The fourth-order valence-electron chi connectivity index (χ4n) is 3.59. The fraction of sp³-hybridized carbons (Fsp3) is 0.211. The van der Waals surface area contributed by atoms with E-state index < -0.39 is 0 Å². The second-order valence-corrected chi connectivity index (χ2v) is 7.38. The van der Waals surface area contributed by atoms with Gasteiger partial charge < -0.3 is 4.90 Å². The van der Waals surface area contributed by atoms with Gasteiger partial charge in [-0.3, -0.25) is 9.20 Å². The van der Waals surface area contributed by atoms with Gasteiger partial charge in [-0.05, 0) is 42.5 Å². The number of rotatable bonds is 2. The number of amides is 1. The Labute approximate surface area is 148 Å². The van der Waals surface area contributed by atoms with Crippen molar-refractivity contribution < 1.29 is 4.79 Å². The Hall–Kier alpha value is -2.73. The minimum atomic E-state index is -0.0184. The van der Waals surface area contributed by atoms with Crippen LogP contribution in [0.15, 0.2) is 54.7 Å². The summed E-state index contributed by atoms with van der Waals surface area (Å²) in [4.78, 5) is 15.9. The van der Waals surface area contributed by atoms with Crippen molar-refractivity contribution in [3.8, 4) is 0 Å². The normalized spacial score (nSPS) is 17.6. The van der Waals surface area contributed by atoms with Crippen LogP contribution >= 0.6 is 11.3 Å². The molecular formula is C19H16N4OS. The number of hydrogen-bond donors (Lipinski definition) is 0. The lowest BCUT2D eigenvalue weighted by molar-refractivity contribution is 0.0734. The van der Waals surface area contributed by atoms with Crippen LogP contribution in [0.2, 0.25) is 0 Å². The molecule has 1 atom stereocenters. The first-order chi connectivity index (χ1) is 12.3. The molecule has 6 heteroatoms. The average Bonchev–Trinajstić information content (AvgIpc) is 3.37. The third kappa shape index (κ3) is 2.33. The molecule has 0 spiro atoms. The quantitative estimate of drug-likeness (QED) is 0.552. The van der Waals surface area contributed by atoms with Crippen molar-refractivity contribution in [2.75, 3.05) is 6.54 Å². The van der Waals surface area contributed by atoms with Crippen LogP contribution in [0, 0.1) is 0 Å². The van der Waals surface area contributed by atoms with Crippen molar-refractivity contribution in [2.24, 2.45) is 0 Å². The monoisotopic (exact) mass is 348 g/mol. The SMILES string of the molecule is O=C(c1cc2ccccc2s1)N1CCC[C@@H]1c1nnc2ccccn12. The van der Waals surface area contributed by atoms with Crippen LogP contribution in [0.5, 0.6) is 0 Å². The molecule has 3 aromatic heterocycles. The lowest BCUT2D eigenvalue weighted by Crippen LogP contribution is -2.31. The van der Waals surface area contributed by atoms with Crippen LogP contribution in [0.25, 0.3) is 15.7 Å². The van der Waals surface area contributed by atoms with Gasteiger partial charge in [0.05, 0.1) is 10.9 Å². The number of carbonyl (C=O) groups excluding carboxylic acids is 1. The maximum absolute atomic E-state index is 13.1. The Kier molecular flexibility index (Phi) is 3.31. The number of pyridine rings is 1. The van der Waals surface area contributed by atoms with Crippen molar-refractivity contribution >= 4 is 33.0 Å². The summed E-state index contributed by atoms with van der Waals surface area (Å²) < 4.78 is 3.13. The van der Waals surface area contributed by atoms with Gasteiger partial charge in [-0.1, -0.05) is 24.3 Å². The van der Waals surface area contributed by atoms with Crippen LogP contribution in [-0.2, 0) is 0 Å². The van der Waals surface area contributed by atoms with Crippen molar-refractivity contribution in [1.82, 2.24) is 19.5 Å². The van der Waals surface area contributed by atoms with E-state index in [1.165, 1.54) is 0 Å². The third-order valence-electron chi connectivity index (χ3n) is 4.79. The molecule has 0 saturated carbocycles. The Morgan fingerprint density at radius 3 is 2.92 bits per heavy atom. The van der Waals surface area contributed by atoms with Crippen LogP contribution in [0.1, 0.15) is 34.4 Å². The Morgan fingerprint density at radius 1 is 1.12 bits per heavy atom. The van der Waals surface area contributed by atoms with Gasteiger partial charge in [0.25, 0.3) is 5.91 Å². The summed E-state index contributed by atoms with van der Waals surface area (Å²) in [6.07, 6.45) is 3.88. The molecule has 1 saturated heterocycles. The molecule has 1 aliphatic rings. The minimum Gasteiger partial charge on any atom is -0.328 e. The summed E-state index contributed by atoms with van der Waals surface area (Å²) in [6.45, 7) is 0.763. The van der Waals surface area contributed by atoms with Gasteiger partial charge in [0.15, 0.2) is 11.5 Å². The van der Waals surface area contributed by atoms with Gasteiger partial charge in [0.2, 0.25) is 0 Å². The van der Waals surface area contributed by atoms with Gasteiger partial charge in [0.1, 0.15) is 0 Å². The van der Waals surface area contributed by atoms with Gasteiger partial charge in [0, 0.05) is 17.4 Å². The Bertz CT molecular complexity index is 1050. The van der Waals surface area contributed by atoms with Crippen molar-refractivity contribution in [3.63, 3.8) is 0 Å². The molecule has 0 radical (unpaired) electrons. The van der Waals surface area contributed by atoms with Gasteiger partial charge in [-0.15, -0.1) is 21.5 Å². The number of nitrogens with zero attached hydrogens (tertiary/aromatic N) is 4. The molecular weight excluding hydrogens is 332 g/mol. The maximum atomic E-state index is 13.1. The number of hydrogen-bond acceptors (Lipinski definition) is 4. The number of carbonyl (C=O) groups is 1. The van der Waals surface area contributed by atoms with E-state index >= 15 is 0 Å². The summed E-state index contributed by atoms with van der Waals surface area (Å²) in [5, 5.41) is 9.74. The molecule has 4 aromatic rings. The molecule has 124 valence electrons. The highest BCUT2D eigenvalue weighted by Crippen LogP contribution is 2.34. The number of thiophene rings is 1. The largest absolute Gasteiger partial charge is 0.328 e. The van der Waals surface area contributed by atoms with E-state index in [1.807, 2.05) is 51.9 Å². The molecule has 1 aliphatic heterocycles. The smallest absolute Gasteiger partial charge is 0.264 e. The zero-order valence-electron chi connectivity index (χ0n) is 13.5. The number of aromatic nitrogens is 3. The molecule has 4 heterocycles. The molecule has 5 nitrogen and oxygen atoms in total. The van der Waals surface area contributed by atoms with Gasteiger partial charge in [-0.2, -0.15) is 0 Å². The van der Waals surface area contributed by atoms with E-state index in [-0.39, 0.29) is 11.9 Å². The summed E-state index contributed by atoms with van der Waals surface area (Å²) in [6, 6.07) is 16.0. The van der Waals surface area contributed by atoms with Crippen molar-refractivity contribution in [2.45, 2.75) is 18.9 Å². The lowest BCUT2D eigenvalue weighted by Gasteiger charge is -2.22. The van der Waals surface area contributed by atoms with Crippen molar-refractivity contribution in [3.05, 3.63) is 65.4 Å². The highest BCUT2D eigenvalue weighted by atomic mass is 32.1. The summed E-state index contributed by atoms with van der Waals surface area (Å²) in [5.74, 6) is 0.943. The highest BCUT2D eigenvalue weighted by Gasteiger charge is 2.34. The maximum Gasteiger partial charge on any atom is 0.264 e. The van der Waals surface area contributed by atoms with Crippen LogP contribution in [-0.4, -0.2) is 31.9 Å². The van der Waals surface area contributed by atoms with E-state index in [1.54, 1.807) is 11.3 Å². The second-order valence-electron chi connectivity index (χ2n) is 6.29. The second kappa shape index (κ2) is 5.67. The minimum absolute atomic E-state index is 0.0184. The van der Waals surface area contributed by atoms with E-state index in [9.17, 15) is 4.79 Å². The first-order valence-electron chi connectivity index (χ1n) is 8.40. The molecule has 1 amide bonds. The fourth-order valence-corrected chi connectivity index (χ4v) is 4.61. The number of benzene rings is 1. The summed E-state index contributed by atoms with van der Waals surface area (Å²) in [5.41, 5.74) is 0.818. The molecule has 0 aliphatic carbocycles. The average molecular weight is 348 g/mol. The molecule has 0 unspecified atom stereocenters. The Morgan fingerprint density at radius 2 is 2.00 bits per heavy atom. The zero-order valence-corrected chi connectivity index (χ0v) is 14.3. The molecule has 1 aromatic carbocycles. The molecule has 0 bridgehead atoms. The van der Waals surface area contributed by atoms with Crippen LogP contribution in [0.4, 0.5) is 0 Å². The van der Waals surface area contributed by atoms with Gasteiger partial charge >= 0.3 is 0 Å². The van der Waals surface area contributed by atoms with Gasteiger partial charge in [-0.25, -0.2) is 0 Å². The predicted octanol–water partition coefficient (Wildman–Crippen LogP) is 3.92.